The number of carbonyl (C=O) groups excluding carboxylic acids is 1. The van der Waals surface area contributed by atoms with Crippen LogP contribution >= 0.6 is 0 Å². The van der Waals surface area contributed by atoms with Crippen LogP contribution in [0, 0.1) is 6.92 Å². The number of rotatable bonds is 2. The predicted molar refractivity (Wildman–Crippen MR) is 66.5 cm³/mol. The Morgan fingerprint density at radius 2 is 2.41 bits per heavy atom. The van der Waals surface area contributed by atoms with Gasteiger partial charge in [-0.2, -0.15) is 0 Å². The van der Waals surface area contributed by atoms with Crippen molar-refractivity contribution < 1.29 is 4.79 Å². The lowest BCUT2D eigenvalue weighted by molar-refractivity contribution is -0.132. The van der Waals surface area contributed by atoms with Crippen molar-refractivity contribution in [2.45, 2.75) is 32.9 Å². The number of hydrogen-bond donors (Lipinski definition) is 1. The van der Waals surface area contributed by atoms with Gasteiger partial charge < -0.3 is 10.2 Å². The lowest BCUT2D eigenvalue weighted by atomic mass is 10.2. The molecule has 2 heterocycles. The first-order valence-corrected chi connectivity index (χ1v) is 6.11. The van der Waals surface area contributed by atoms with Gasteiger partial charge in [-0.25, -0.2) is 0 Å². The molecule has 1 aromatic rings. The minimum Gasteiger partial charge on any atom is -0.335 e. The van der Waals surface area contributed by atoms with E-state index in [0.717, 1.165) is 30.8 Å². The summed E-state index contributed by atoms with van der Waals surface area (Å²) in [5.41, 5.74) is 2.14. The Kier molecular flexibility index (Phi) is 3.74. The van der Waals surface area contributed by atoms with Gasteiger partial charge in [-0.1, -0.05) is 6.07 Å². The average Bonchev–Trinajstić information content (AvgIpc) is 2.47. The molecule has 4 nitrogen and oxygen atoms in total. The lowest BCUT2D eigenvalue weighted by Crippen LogP contribution is -2.41. The van der Waals surface area contributed by atoms with Crippen molar-refractivity contribution in [1.82, 2.24) is 15.2 Å². The second-order valence-electron chi connectivity index (χ2n) is 4.56. The molecule has 0 bridgehead atoms. The molecule has 1 aliphatic heterocycles. The summed E-state index contributed by atoms with van der Waals surface area (Å²) in [5, 5.41) is 3.21. The highest BCUT2D eigenvalue weighted by atomic mass is 16.2. The number of pyridine rings is 1. The van der Waals surface area contributed by atoms with Gasteiger partial charge >= 0.3 is 0 Å². The van der Waals surface area contributed by atoms with Gasteiger partial charge in [-0.3, -0.25) is 9.78 Å². The number of nitrogens with one attached hydrogen (secondary N) is 1. The van der Waals surface area contributed by atoms with Crippen LogP contribution in [0.25, 0.3) is 0 Å². The molecule has 0 radical (unpaired) electrons. The van der Waals surface area contributed by atoms with Gasteiger partial charge in [0.2, 0.25) is 5.91 Å². The Balaban J connectivity index is 2.12. The van der Waals surface area contributed by atoms with E-state index in [9.17, 15) is 4.79 Å². The molecule has 2 rings (SSSR count). The third-order valence-electron chi connectivity index (χ3n) is 3.20. The third kappa shape index (κ3) is 2.82. The molecule has 0 aliphatic carbocycles. The first-order chi connectivity index (χ1) is 8.18. The number of aryl methyl sites for hydroxylation is 1. The fraction of sp³-hybridized carbons (Fsp3) is 0.538. The topological polar surface area (TPSA) is 45.2 Å². The number of aromatic nitrogens is 1. The Bertz CT molecular complexity index is 405. The summed E-state index contributed by atoms with van der Waals surface area (Å²) < 4.78 is 0. The van der Waals surface area contributed by atoms with Crippen molar-refractivity contribution in [3.8, 4) is 0 Å². The van der Waals surface area contributed by atoms with Crippen LogP contribution in [-0.4, -0.2) is 34.9 Å². The molecule has 1 N–H and O–H groups in total. The summed E-state index contributed by atoms with van der Waals surface area (Å²) in [5.74, 6) is 0.174. The number of nitrogens with zero attached hydrogens (tertiary/aromatic N) is 2. The number of amides is 1. The summed E-state index contributed by atoms with van der Waals surface area (Å²) in [6.07, 6.45) is 2.79. The van der Waals surface area contributed by atoms with E-state index in [4.69, 9.17) is 0 Å². The molecule has 1 fully saturated rings. The van der Waals surface area contributed by atoms with E-state index in [-0.39, 0.29) is 11.9 Å². The normalized spacial score (nSPS) is 21.4. The van der Waals surface area contributed by atoms with E-state index in [2.05, 4.69) is 10.3 Å². The fourth-order valence-electron chi connectivity index (χ4n) is 2.08. The van der Waals surface area contributed by atoms with Crippen LogP contribution in [0.15, 0.2) is 18.3 Å². The van der Waals surface area contributed by atoms with Crippen molar-refractivity contribution in [3.05, 3.63) is 29.6 Å². The zero-order chi connectivity index (χ0) is 12.3. The minimum absolute atomic E-state index is 0.0819. The molecular weight excluding hydrogens is 214 g/mol. The fourth-order valence-corrected chi connectivity index (χ4v) is 2.08. The van der Waals surface area contributed by atoms with E-state index < -0.39 is 0 Å². The first-order valence-electron chi connectivity index (χ1n) is 6.11. The molecule has 0 saturated carbocycles. The van der Waals surface area contributed by atoms with Crippen LogP contribution in [0.1, 0.15) is 24.6 Å². The Morgan fingerprint density at radius 3 is 3.18 bits per heavy atom. The van der Waals surface area contributed by atoms with E-state index >= 15 is 0 Å². The van der Waals surface area contributed by atoms with Crippen LogP contribution in [0.4, 0.5) is 0 Å². The van der Waals surface area contributed by atoms with Gasteiger partial charge in [0.25, 0.3) is 0 Å². The second kappa shape index (κ2) is 5.27. The summed E-state index contributed by atoms with van der Waals surface area (Å²) in [6, 6.07) is 3.88. The maximum absolute atomic E-state index is 12.1. The first kappa shape index (κ1) is 12.0. The van der Waals surface area contributed by atoms with E-state index in [1.165, 1.54) is 0 Å². The summed E-state index contributed by atoms with van der Waals surface area (Å²) in [6.45, 7) is 6.30. The van der Waals surface area contributed by atoms with E-state index in [1.54, 1.807) is 6.20 Å². The molecular formula is C13H19N3O. The van der Waals surface area contributed by atoms with E-state index in [0.29, 0.717) is 6.54 Å². The highest BCUT2D eigenvalue weighted by Gasteiger charge is 2.23. The zero-order valence-corrected chi connectivity index (χ0v) is 10.4. The smallest absolute Gasteiger partial charge is 0.239 e. The molecule has 92 valence electrons. The largest absolute Gasteiger partial charge is 0.335 e. The third-order valence-corrected chi connectivity index (χ3v) is 3.20. The van der Waals surface area contributed by atoms with Crippen LogP contribution in [-0.2, 0) is 11.3 Å². The quantitative estimate of drug-likeness (QED) is 0.832. The van der Waals surface area contributed by atoms with Crippen molar-refractivity contribution in [3.63, 3.8) is 0 Å². The second-order valence-corrected chi connectivity index (χ2v) is 4.56. The van der Waals surface area contributed by atoms with Crippen molar-refractivity contribution in [2.24, 2.45) is 0 Å². The minimum atomic E-state index is -0.0819. The Hall–Kier alpha value is -1.42. The molecule has 17 heavy (non-hydrogen) atoms. The molecule has 1 unspecified atom stereocenters. The van der Waals surface area contributed by atoms with Crippen LogP contribution in [0.2, 0.25) is 0 Å². The van der Waals surface area contributed by atoms with Crippen LogP contribution in [0.3, 0.4) is 0 Å². The monoisotopic (exact) mass is 233 g/mol. The highest BCUT2D eigenvalue weighted by Crippen LogP contribution is 2.10. The maximum Gasteiger partial charge on any atom is 0.239 e. The molecule has 1 aliphatic rings. The molecule has 1 atom stereocenters. The zero-order valence-electron chi connectivity index (χ0n) is 10.4. The summed E-state index contributed by atoms with van der Waals surface area (Å²) in [7, 11) is 0. The van der Waals surface area contributed by atoms with Crippen LogP contribution in [0.5, 0.6) is 0 Å². The van der Waals surface area contributed by atoms with Gasteiger partial charge in [-0.15, -0.1) is 0 Å². The SMILES string of the molecule is Cc1cccnc1CN1CCCNC(C)C1=O. The van der Waals surface area contributed by atoms with Crippen molar-refractivity contribution in [1.29, 1.82) is 0 Å². The van der Waals surface area contributed by atoms with E-state index in [1.807, 2.05) is 30.9 Å². The number of hydrogen-bond acceptors (Lipinski definition) is 3. The van der Waals surface area contributed by atoms with Crippen LogP contribution < -0.4 is 5.32 Å². The summed E-state index contributed by atoms with van der Waals surface area (Å²) in [4.78, 5) is 18.3. The average molecular weight is 233 g/mol. The molecule has 0 aromatic carbocycles. The molecule has 0 spiro atoms. The molecule has 1 aromatic heterocycles. The number of carbonyl (C=O) groups is 1. The molecule has 1 saturated heterocycles. The molecule has 1 amide bonds. The van der Waals surface area contributed by atoms with Gasteiger partial charge in [0.1, 0.15) is 0 Å². The standard InChI is InChI=1S/C13H19N3O/c1-10-5-3-6-15-12(10)9-16-8-4-7-14-11(2)13(16)17/h3,5-6,11,14H,4,7-9H2,1-2H3. The van der Waals surface area contributed by atoms with Gasteiger partial charge in [0, 0.05) is 12.7 Å². The molecule has 4 heteroatoms. The van der Waals surface area contributed by atoms with Gasteiger partial charge in [-0.05, 0) is 38.4 Å². The van der Waals surface area contributed by atoms with Gasteiger partial charge in [0.15, 0.2) is 0 Å². The summed E-state index contributed by atoms with van der Waals surface area (Å²) >= 11 is 0. The Morgan fingerprint density at radius 1 is 1.59 bits per heavy atom. The highest BCUT2D eigenvalue weighted by molar-refractivity contribution is 5.81. The van der Waals surface area contributed by atoms with Crippen molar-refractivity contribution in [2.75, 3.05) is 13.1 Å². The predicted octanol–water partition coefficient (Wildman–Crippen LogP) is 1.10. The maximum atomic E-state index is 12.1. The lowest BCUT2D eigenvalue weighted by Gasteiger charge is -2.22. The van der Waals surface area contributed by atoms with Crippen molar-refractivity contribution >= 4 is 5.91 Å². The Labute approximate surface area is 102 Å². The van der Waals surface area contributed by atoms with Gasteiger partial charge in [0.05, 0.1) is 18.3 Å².